The number of ether oxygens (including phenoxy) is 3. The van der Waals surface area contributed by atoms with E-state index in [1.807, 2.05) is 49.6 Å². The number of amides is 1. The molecule has 0 atom stereocenters. The van der Waals surface area contributed by atoms with E-state index in [9.17, 15) is 9.59 Å². The number of thiophene rings is 1. The first-order valence-electron chi connectivity index (χ1n) is 11.1. The van der Waals surface area contributed by atoms with Crippen LogP contribution in [-0.2, 0) is 9.53 Å². The van der Waals surface area contributed by atoms with Gasteiger partial charge in [-0.2, -0.15) is 0 Å². The molecule has 6 nitrogen and oxygen atoms in total. The first-order chi connectivity index (χ1) is 16.8. The number of aryl methyl sites for hydroxylation is 1. The van der Waals surface area contributed by atoms with Crippen LogP contribution in [0, 0.1) is 13.8 Å². The fourth-order valence-electron chi connectivity index (χ4n) is 3.45. The van der Waals surface area contributed by atoms with Gasteiger partial charge in [-0.1, -0.05) is 23.7 Å². The molecular weight excluding hydrogens is 554 g/mol. The molecule has 0 radical (unpaired) electrons. The van der Waals surface area contributed by atoms with E-state index in [0.29, 0.717) is 45.7 Å². The Morgan fingerprint density at radius 1 is 1.17 bits per heavy atom. The van der Waals surface area contributed by atoms with Crippen molar-refractivity contribution in [1.82, 2.24) is 0 Å². The highest BCUT2D eigenvalue weighted by molar-refractivity contribution is 9.10. The Bertz CT molecular complexity index is 1210. The van der Waals surface area contributed by atoms with Crippen molar-refractivity contribution in [3.8, 4) is 22.6 Å². The largest absolute Gasteiger partial charge is 0.497 e. The molecule has 0 fully saturated rings. The Labute approximate surface area is 222 Å². The van der Waals surface area contributed by atoms with Crippen LogP contribution in [0.15, 0.2) is 40.2 Å². The number of anilines is 1. The van der Waals surface area contributed by atoms with Crippen LogP contribution in [-0.4, -0.2) is 32.2 Å². The molecule has 0 spiro atoms. The van der Waals surface area contributed by atoms with Gasteiger partial charge < -0.3 is 19.5 Å². The Morgan fingerprint density at radius 3 is 2.54 bits per heavy atom. The third-order valence-electron chi connectivity index (χ3n) is 5.30. The lowest BCUT2D eigenvalue weighted by molar-refractivity contribution is -0.116. The monoisotopic (exact) mass is 579 g/mol. The van der Waals surface area contributed by atoms with Crippen LogP contribution in [0.5, 0.6) is 11.5 Å². The fourth-order valence-corrected chi connectivity index (χ4v) is 5.11. The lowest BCUT2D eigenvalue weighted by Crippen LogP contribution is -2.15. The molecule has 186 valence electrons. The van der Waals surface area contributed by atoms with E-state index in [4.69, 9.17) is 25.8 Å². The van der Waals surface area contributed by atoms with Crippen molar-refractivity contribution in [2.24, 2.45) is 0 Å². The molecule has 3 aromatic rings. The molecule has 9 heteroatoms. The number of benzene rings is 2. The lowest BCUT2D eigenvalue weighted by atomic mass is 10.0. The SMILES string of the molecule is CCOC(=O)c1c(-c2ccc(OC)cc2)csc1NC(=O)CCCOc1cc(C)c(Cl)c(C)c1Br. The van der Waals surface area contributed by atoms with Crippen LogP contribution in [0.2, 0.25) is 5.02 Å². The molecule has 35 heavy (non-hydrogen) atoms. The molecule has 0 unspecified atom stereocenters. The van der Waals surface area contributed by atoms with E-state index < -0.39 is 5.97 Å². The number of hydrogen-bond acceptors (Lipinski definition) is 6. The fraction of sp³-hybridized carbons (Fsp3) is 0.308. The Morgan fingerprint density at radius 2 is 1.89 bits per heavy atom. The summed E-state index contributed by atoms with van der Waals surface area (Å²) >= 11 is 11.1. The van der Waals surface area contributed by atoms with Crippen molar-refractivity contribution in [2.75, 3.05) is 25.6 Å². The van der Waals surface area contributed by atoms with E-state index >= 15 is 0 Å². The van der Waals surface area contributed by atoms with Crippen molar-refractivity contribution >= 4 is 55.7 Å². The van der Waals surface area contributed by atoms with Gasteiger partial charge in [-0.25, -0.2) is 4.79 Å². The molecule has 0 bridgehead atoms. The van der Waals surface area contributed by atoms with Gasteiger partial charge in [-0.05, 0) is 78.0 Å². The van der Waals surface area contributed by atoms with Gasteiger partial charge in [0.1, 0.15) is 22.1 Å². The van der Waals surface area contributed by atoms with Crippen molar-refractivity contribution in [3.05, 3.63) is 61.9 Å². The van der Waals surface area contributed by atoms with Crippen molar-refractivity contribution in [3.63, 3.8) is 0 Å². The predicted octanol–water partition coefficient (Wildman–Crippen LogP) is 7.43. The molecule has 1 aromatic heterocycles. The van der Waals surface area contributed by atoms with Gasteiger partial charge in [-0.15, -0.1) is 11.3 Å². The Balaban J connectivity index is 1.66. The summed E-state index contributed by atoms with van der Waals surface area (Å²) < 4.78 is 17.1. The second kappa shape index (κ2) is 12.4. The van der Waals surface area contributed by atoms with Crippen molar-refractivity contribution in [1.29, 1.82) is 0 Å². The first kappa shape index (κ1) is 27.0. The highest BCUT2D eigenvalue weighted by Gasteiger charge is 2.23. The summed E-state index contributed by atoms with van der Waals surface area (Å²) in [6.45, 7) is 6.18. The van der Waals surface area contributed by atoms with E-state index in [-0.39, 0.29) is 18.9 Å². The van der Waals surface area contributed by atoms with Crippen LogP contribution in [0.25, 0.3) is 11.1 Å². The van der Waals surface area contributed by atoms with E-state index in [2.05, 4.69) is 21.2 Å². The molecule has 3 rings (SSSR count). The molecule has 1 amide bonds. The minimum Gasteiger partial charge on any atom is -0.497 e. The summed E-state index contributed by atoms with van der Waals surface area (Å²) in [5.41, 5.74) is 3.72. The summed E-state index contributed by atoms with van der Waals surface area (Å²) in [6, 6.07) is 9.25. The molecule has 1 heterocycles. The van der Waals surface area contributed by atoms with Crippen LogP contribution >= 0.6 is 38.9 Å². The quantitative estimate of drug-likeness (QED) is 0.199. The first-order valence-corrected chi connectivity index (χ1v) is 13.1. The van der Waals surface area contributed by atoms with Crippen molar-refractivity contribution < 1.29 is 23.8 Å². The summed E-state index contributed by atoms with van der Waals surface area (Å²) in [5, 5.41) is 5.88. The van der Waals surface area contributed by atoms with Gasteiger partial charge in [0.05, 0.1) is 24.8 Å². The minimum atomic E-state index is -0.475. The maximum atomic E-state index is 12.7. The van der Waals surface area contributed by atoms with Crippen LogP contribution in [0.4, 0.5) is 5.00 Å². The average Bonchev–Trinajstić information content (AvgIpc) is 3.27. The second-order valence-corrected chi connectivity index (χ2v) is 9.80. The van der Waals surface area contributed by atoms with Gasteiger partial charge in [0.2, 0.25) is 5.91 Å². The molecule has 0 aliphatic carbocycles. The Kier molecular flexibility index (Phi) is 9.60. The molecule has 0 aliphatic rings. The topological polar surface area (TPSA) is 73.9 Å². The third-order valence-corrected chi connectivity index (χ3v) is 7.76. The van der Waals surface area contributed by atoms with Crippen LogP contribution in [0.1, 0.15) is 41.3 Å². The van der Waals surface area contributed by atoms with E-state index in [1.54, 1.807) is 14.0 Å². The summed E-state index contributed by atoms with van der Waals surface area (Å²) in [6.07, 6.45) is 0.742. The average molecular weight is 581 g/mol. The number of esters is 1. The van der Waals surface area contributed by atoms with Crippen LogP contribution < -0.4 is 14.8 Å². The maximum absolute atomic E-state index is 12.7. The number of hydrogen-bond donors (Lipinski definition) is 1. The molecule has 0 saturated heterocycles. The summed E-state index contributed by atoms with van der Waals surface area (Å²) in [4.78, 5) is 25.4. The standard InChI is InChI=1S/C26H27BrClNO5S/c1-5-33-26(31)22-19(17-8-10-18(32-4)11-9-17)14-35-25(22)29-21(30)7-6-12-34-20-13-15(2)24(28)16(3)23(20)27/h8-11,13-14H,5-7,12H2,1-4H3,(H,29,30). The minimum absolute atomic E-state index is 0.204. The summed E-state index contributed by atoms with van der Waals surface area (Å²) in [7, 11) is 1.60. The number of halogens is 2. The van der Waals surface area contributed by atoms with Gasteiger partial charge in [0.25, 0.3) is 0 Å². The number of rotatable bonds is 10. The lowest BCUT2D eigenvalue weighted by Gasteiger charge is -2.13. The normalized spacial score (nSPS) is 10.7. The highest BCUT2D eigenvalue weighted by Crippen LogP contribution is 2.37. The van der Waals surface area contributed by atoms with E-state index in [0.717, 1.165) is 21.2 Å². The molecule has 0 aliphatic heterocycles. The highest BCUT2D eigenvalue weighted by atomic mass is 79.9. The Hall–Kier alpha value is -2.55. The molecule has 2 aromatic carbocycles. The van der Waals surface area contributed by atoms with Crippen LogP contribution in [0.3, 0.4) is 0 Å². The zero-order valence-electron chi connectivity index (χ0n) is 20.0. The summed E-state index contributed by atoms with van der Waals surface area (Å²) in [5.74, 6) is 0.728. The van der Waals surface area contributed by atoms with Gasteiger partial charge in [0, 0.05) is 22.4 Å². The van der Waals surface area contributed by atoms with Gasteiger partial charge >= 0.3 is 5.97 Å². The predicted molar refractivity (Wildman–Crippen MR) is 144 cm³/mol. The zero-order chi connectivity index (χ0) is 25.5. The molecular formula is C26H27BrClNO5S. The van der Waals surface area contributed by atoms with Gasteiger partial charge in [-0.3, -0.25) is 4.79 Å². The number of methoxy groups -OCH3 is 1. The van der Waals surface area contributed by atoms with Crippen molar-refractivity contribution in [2.45, 2.75) is 33.6 Å². The molecule has 1 N–H and O–H groups in total. The van der Waals surface area contributed by atoms with E-state index in [1.165, 1.54) is 11.3 Å². The maximum Gasteiger partial charge on any atom is 0.341 e. The number of carbonyl (C=O) groups excluding carboxylic acids is 2. The number of nitrogens with one attached hydrogen (secondary N) is 1. The second-order valence-electron chi connectivity index (χ2n) is 7.75. The van der Waals surface area contributed by atoms with Gasteiger partial charge in [0.15, 0.2) is 0 Å². The molecule has 0 saturated carbocycles. The smallest absolute Gasteiger partial charge is 0.341 e. The number of carbonyl (C=O) groups is 2. The third kappa shape index (κ3) is 6.57. The zero-order valence-corrected chi connectivity index (χ0v) is 23.2.